The van der Waals surface area contributed by atoms with E-state index in [1.165, 1.54) is 14.2 Å². The van der Waals surface area contributed by atoms with E-state index in [0.29, 0.717) is 19.7 Å². The van der Waals surface area contributed by atoms with E-state index >= 15 is 0 Å². The van der Waals surface area contributed by atoms with E-state index < -0.39 is 22.4 Å². The monoisotopic (exact) mass is 253 g/mol. The first kappa shape index (κ1) is 13.8. The van der Waals surface area contributed by atoms with Crippen LogP contribution in [0.3, 0.4) is 0 Å². The zero-order valence-electron chi connectivity index (χ0n) is 9.51. The van der Waals surface area contributed by atoms with Gasteiger partial charge in [0.2, 0.25) is 0 Å². The van der Waals surface area contributed by atoms with Crippen molar-refractivity contribution in [3.8, 4) is 0 Å². The molecule has 0 aliphatic carbocycles. The number of methoxy groups -OCH3 is 1. The number of nitrogens with one attached hydrogen (secondary N) is 2. The van der Waals surface area contributed by atoms with Gasteiger partial charge >= 0.3 is 0 Å². The predicted octanol–water partition coefficient (Wildman–Crippen LogP) is -2.27. The first-order valence-electron chi connectivity index (χ1n) is 5.09. The zero-order chi connectivity index (χ0) is 12.2. The third kappa shape index (κ3) is 3.37. The Bertz CT molecular complexity index is 308. The highest BCUT2D eigenvalue weighted by atomic mass is 32.2. The Morgan fingerprint density at radius 2 is 2.25 bits per heavy atom. The molecule has 0 aromatic carbocycles. The Kier molecular flexibility index (Phi) is 5.09. The number of aliphatic hydroxyl groups is 1. The van der Waals surface area contributed by atoms with E-state index in [9.17, 15) is 13.5 Å². The maximum atomic E-state index is 11.8. The number of aliphatic hydroxyl groups excluding tert-OH is 1. The first-order valence-corrected chi connectivity index (χ1v) is 6.53. The van der Waals surface area contributed by atoms with Crippen LogP contribution in [-0.4, -0.2) is 70.4 Å². The molecule has 0 saturated carbocycles. The van der Waals surface area contributed by atoms with Gasteiger partial charge in [-0.2, -0.15) is 17.4 Å². The van der Waals surface area contributed by atoms with Gasteiger partial charge in [0.15, 0.2) is 0 Å². The third-order valence-corrected chi connectivity index (χ3v) is 4.19. The molecule has 1 rings (SSSR count). The SMILES string of the molecule is COCCNS(=O)(=O)N(C)[C@H]1CNC[C@@H]1O. The van der Waals surface area contributed by atoms with Crippen molar-refractivity contribution in [3.05, 3.63) is 0 Å². The van der Waals surface area contributed by atoms with Gasteiger partial charge in [0, 0.05) is 33.8 Å². The van der Waals surface area contributed by atoms with E-state index in [4.69, 9.17) is 4.74 Å². The minimum absolute atomic E-state index is 0.222. The number of hydrogen-bond acceptors (Lipinski definition) is 5. The molecule has 7 nitrogen and oxygen atoms in total. The van der Waals surface area contributed by atoms with Crippen LogP contribution >= 0.6 is 0 Å². The van der Waals surface area contributed by atoms with Gasteiger partial charge < -0.3 is 15.2 Å². The molecule has 1 aliphatic heterocycles. The molecule has 1 heterocycles. The lowest BCUT2D eigenvalue weighted by Crippen LogP contribution is -2.49. The molecule has 1 saturated heterocycles. The smallest absolute Gasteiger partial charge is 0.279 e. The van der Waals surface area contributed by atoms with Crippen molar-refractivity contribution in [3.63, 3.8) is 0 Å². The lowest BCUT2D eigenvalue weighted by Gasteiger charge is -2.25. The standard InChI is InChI=1S/C8H19N3O4S/c1-11(7-5-9-6-8(7)12)16(13,14)10-3-4-15-2/h7-10,12H,3-6H2,1-2H3/t7-,8-/m0/s1. The molecular weight excluding hydrogens is 234 g/mol. The van der Waals surface area contributed by atoms with Crippen LogP contribution in [0.2, 0.25) is 0 Å². The van der Waals surface area contributed by atoms with Crippen LogP contribution in [0.25, 0.3) is 0 Å². The highest BCUT2D eigenvalue weighted by Crippen LogP contribution is 2.10. The van der Waals surface area contributed by atoms with Gasteiger partial charge in [0.1, 0.15) is 0 Å². The highest BCUT2D eigenvalue weighted by molar-refractivity contribution is 7.87. The molecule has 0 bridgehead atoms. The molecule has 0 spiro atoms. The molecule has 1 fully saturated rings. The lowest BCUT2D eigenvalue weighted by molar-refractivity contribution is 0.135. The summed E-state index contributed by atoms with van der Waals surface area (Å²) in [6, 6.07) is -0.417. The van der Waals surface area contributed by atoms with Crippen LogP contribution in [0.15, 0.2) is 0 Å². The van der Waals surface area contributed by atoms with Crippen LogP contribution < -0.4 is 10.0 Å². The van der Waals surface area contributed by atoms with Crippen molar-refractivity contribution in [2.45, 2.75) is 12.1 Å². The minimum Gasteiger partial charge on any atom is -0.390 e. The summed E-state index contributed by atoms with van der Waals surface area (Å²) in [5, 5.41) is 12.5. The van der Waals surface area contributed by atoms with Crippen molar-refractivity contribution in [2.24, 2.45) is 0 Å². The van der Waals surface area contributed by atoms with E-state index in [2.05, 4.69) is 10.0 Å². The van der Waals surface area contributed by atoms with Gasteiger partial charge in [-0.1, -0.05) is 0 Å². The summed E-state index contributed by atoms with van der Waals surface area (Å²) >= 11 is 0. The van der Waals surface area contributed by atoms with Crippen molar-refractivity contribution >= 4 is 10.2 Å². The molecule has 1 aliphatic rings. The summed E-state index contributed by atoms with van der Waals surface area (Å²) in [7, 11) is -0.589. The molecule has 3 N–H and O–H groups in total. The highest BCUT2D eigenvalue weighted by Gasteiger charge is 2.34. The second-order valence-corrected chi connectivity index (χ2v) is 5.52. The van der Waals surface area contributed by atoms with Gasteiger partial charge in [0.25, 0.3) is 10.2 Å². The maximum Gasteiger partial charge on any atom is 0.279 e. The normalized spacial score (nSPS) is 26.5. The number of nitrogens with zero attached hydrogens (tertiary/aromatic N) is 1. The number of likely N-dealkylation sites (N-methyl/N-ethyl adjacent to an activating group) is 1. The van der Waals surface area contributed by atoms with Gasteiger partial charge in [-0.15, -0.1) is 0 Å². The third-order valence-electron chi connectivity index (χ3n) is 2.59. The summed E-state index contributed by atoms with van der Waals surface area (Å²) in [5.74, 6) is 0. The molecule has 96 valence electrons. The largest absolute Gasteiger partial charge is 0.390 e. The van der Waals surface area contributed by atoms with Crippen molar-refractivity contribution < 1.29 is 18.3 Å². The second kappa shape index (κ2) is 5.89. The fourth-order valence-corrected chi connectivity index (χ4v) is 2.69. The Balaban J connectivity index is 2.54. The van der Waals surface area contributed by atoms with Crippen LogP contribution in [0.4, 0.5) is 0 Å². The second-order valence-electron chi connectivity index (χ2n) is 3.70. The van der Waals surface area contributed by atoms with Gasteiger partial charge in [0.05, 0.1) is 18.8 Å². The molecule has 0 aromatic heterocycles. The summed E-state index contributed by atoms with van der Waals surface area (Å²) in [6.45, 7) is 1.42. The molecule has 0 radical (unpaired) electrons. The van der Waals surface area contributed by atoms with Crippen LogP contribution in [0, 0.1) is 0 Å². The van der Waals surface area contributed by atoms with Gasteiger partial charge in [-0.3, -0.25) is 0 Å². The van der Waals surface area contributed by atoms with E-state index in [1.54, 1.807) is 0 Å². The molecule has 0 aromatic rings. The summed E-state index contributed by atoms with van der Waals surface area (Å²) in [5.41, 5.74) is 0. The van der Waals surface area contributed by atoms with Gasteiger partial charge in [-0.25, -0.2) is 0 Å². The van der Waals surface area contributed by atoms with Crippen molar-refractivity contribution in [1.29, 1.82) is 0 Å². The Hall–Kier alpha value is -0.250. The van der Waals surface area contributed by atoms with Crippen molar-refractivity contribution in [1.82, 2.24) is 14.3 Å². The molecule has 0 amide bonds. The summed E-state index contributed by atoms with van der Waals surface area (Å²) in [4.78, 5) is 0. The van der Waals surface area contributed by atoms with E-state index in [1.807, 2.05) is 0 Å². The fourth-order valence-electron chi connectivity index (χ4n) is 1.57. The predicted molar refractivity (Wildman–Crippen MR) is 59.2 cm³/mol. The average molecular weight is 253 g/mol. The first-order chi connectivity index (χ1) is 7.49. The zero-order valence-corrected chi connectivity index (χ0v) is 10.3. The molecule has 16 heavy (non-hydrogen) atoms. The number of β-amino-alcohol motifs (C(OH)–C–C–N with tert-alkyl or cyclic N) is 1. The number of ether oxygens (including phenoxy) is 1. The average Bonchev–Trinajstić information content (AvgIpc) is 2.63. The van der Waals surface area contributed by atoms with E-state index in [0.717, 1.165) is 4.31 Å². The Morgan fingerprint density at radius 1 is 1.56 bits per heavy atom. The molecular formula is C8H19N3O4S. The fraction of sp³-hybridized carbons (Fsp3) is 1.00. The van der Waals surface area contributed by atoms with Crippen LogP contribution in [0.1, 0.15) is 0 Å². The minimum atomic E-state index is -3.55. The number of rotatable bonds is 6. The lowest BCUT2D eigenvalue weighted by atomic mass is 10.2. The maximum absolute atomic E-state index is 11.8. The Morgan fingerprint density at radius 3 is 2.75 bits per heavy atom. The quantitative estimate of drug-likeness (QED) is 0.464. The molecule has 0 unspecified atom stereocenters. The van der Waals surface area contributed by atoms with Crippen LogP contribution in [-0.2, 0) is 14.9 Å². The summed E-state index contributed by atoms with van der Waals surface area (Å²) in [6.07, 6.45) is -0.663. The van der Waals surface area contributed by atoms with E-state index in [-0.39, 0.29) is 6.54 Å². The molecule has 2 atom stereocenters. The Labute approximate surface area is 96.0 Å². The molecule has 8 heteroatoms. The number of hydrogen-bond donors (Lipinski definition) is 3. The summed E-state index contributed by atoms with van der Waals surface area (Å²) < 4.78 is 31.8. The van der Waals surface area contributed by atoms with Crippen molar-refractivity contribution in [2.75, 3.05) is 40.4 Å². The van der Waals surface area contributed by atoms with Gasteiger partial charge in [-0.05, 0) is 0 Å². The van der Waals surface area contributed by atoms with Crippen LogP contribution in [0.5, 0.6) is 0 Å². The topological polar surface area (TPSA) is 90.9 Å².